The number of fused-ring (bicyclic) bond motifs is 1. The van der Waals surface area contributed by atoms with Crippen LogP contribution in [0, 0.1) is 5.82 Å². The molecule has 2 aromatic heterocycles. The van der Waals surface area contributed by atoms with Gasteiger partial charge in [0.25, 0.3) is 0 Å². The van der Waals surface area contributed by atoms with Crippen LogP contribution < -0.4 is 10.6 Å². The second-order valence-corrected chi connectivity index (χ2v) is 5.45. The molecular formula is C15H16ClFN6. The maximum Gasteiger partial charge on any atom is 0.224 e. The van der Waals surface area contributed by atoms with Gasteiger partial charge in [0, 0.05) is 25.0 Å². The predicted molar refractivity (Wildman–Crippen MR) is 89.5 cm³/mol. The summed E-state index contributed by atoms with van der Waals surface area (Å²) < 4.78 is 13.3. The summed E-state index contributed by atoms with van der Waals surface area (Å²) in [6, 6.07) is 5.57. The number of aryl methyl sites for hydroxylation is 1. The van der Waals surface area contributed by atoms with Crippen molar-refractivity contribution in [3.05, 3.63) is 41.1 Å². The van der Waals surface area contributed by atoms with Gasteiger partial charge in [-0.1, -0.05) is 11.6 Å². The lowest BCUT2D eigenvalue weighted by atomic mass is 10.3. The van der Waals surface area contributed by atoms with E-state index in [2.05, 4.69) is 30.6 Å². The summed E-state index contributed by atoms with van der Waals surface area (Å²) in [6.45, 7) is 0.659. The molecule has 0 aliphatic carbocycles. The van der Waals surface area contributed by atoms with Gasteiger partial charge in [0.15, 0.2) is 11.6 Å². The fourth-order valence-corrected chi connectivity index (χ4v) is 2.41. The van der Waals surface area contributed by atoms with E-state index in [4.69, 9.17) is 11.6 Å². The first-order valence-corrected chi connectivity index (χ1v) is 7.62. The molecule has 0 aliphatic heterocycles. The molecular weight excluding hydrogens is 319 g/mol. The number of hydrogen-bond acceptors (Lipinski definition) is 5. The van der Waals surface area contributed by atoms with Crippen molar-refractivity contribution < 1.29 is 4.39 Å². The first-order valence-electron chi connectivity index (χ1n) is 7.24. The lowest BCUT2D eigenvalue weighted by Crippen LogP contribution is -2.09. The number of halogens is 2. The van der Waals surface area contributed by atoms with E-state index >= 15 is 0 Å². The van der Waals surface area contributed by atoms with Crippen molar-refractivity contribution in [3.8, 4) is 0 Å². The van der Waals surface area contributed by atoms with Crippen molar-refractivity contribution >= 4 is 34.4 Å². The number of H-pyrrole nitrogens is 1. The van der Waals surface area contributed by atoms with E-state index in [0.29, 0.717) is 17.5 Å². The monoisotopic (exact) mass is 334 g/mol. The van der Waals surface area contributed by atoms with Gasteiger partial charge in [-0.2, -0.15) is 4.98 Å². The van der Waals surface area contributed by atoms with E-state index in [0.717, 1.165) is 35.9 Å². The highest BCUT2D eigenvalue weighted by Crippen LogP contribution is 2.17. The molecule has 0 unspecified atom stereocenters. The van der Waals surface area contributed by atoms with E-state index in [1.165, 1.54) is 0 Å². The molecule has 120 valence electrons. The highest BCUT2D eigenvalue weighted by Gasteiger charge is 2.06. The van der Waals surface area contributed by atoms with E-state index < -0.39 is 5.82 Å². The molecule has 0 spiro atoms. The number of benzene rings is 1. The third kappa shape index (κ3) is 3.68. The van der Waals surface area contributed by atoms with Gasteiger partial charge in [-0.15, -0.1) is 0 Å². The topological polar surface area (TPSA) is 78.5 Å². The third-order valence-electron chi connectivity index (χ3n) is 3.35. The molecule has 0 saturated heterocycles. The molecule has 3 rings (SSSR count). The van der Waals surface area contributed by atoms with Crippen LogP contribution in [0.2, 0.25) is 5.02 Å². The summed E-state index contributed by atoms with van der Waals surface area (Å²) in [5, 5.41) is 6.43. The van der Waals surface area contributed by atoms with E-state index in [1.54, 1.807) is 7.05 Å². The second-order valence-electron chi connectivity index (χ2n) is 5.02. The molecule has 3 aromatic rings. The molecule has 0 amide bonds. The molecule has 0 aliphatic rings. The van der Waals surface area contributed by atoms with Crippen molar-refractivity contribution in [2.24, 2.45) is 0 Å². The van der Waals surface area contributed by atoms with E-state index in [9.17, 15) is 4.39 Å². The molecule has 1 aromatic carbocycles. The molecule has 8 heteroatoms. The van der Waals surface area contributed by atoms with Crippen LogP contribution in [0.1, 0.15) is 12.2 Å². The lowest BCUT2D eigenvalue weighted by Gasteiger charge is -2.06. The summed E-state index contributed by atoms with van der Waals surface area (Å²) >= 11 is 5.95. The van der Waals surface area contributed by atoms with Crippen molar-refractivity contribution in [1.29, 1.82) is 0 Å². The number of anilines is 2. The number of imidazole rings is 1. The first-order chi connectivity index (χ1) is 11.2. The maximum atomic E-state index is 13.3. The zero-order valence-corrected chi connectivity index (χ0v) is 13.3. The van der Waals surface area contributed by atoms with Crippen molar-refractivity contribution in [2.75, 3.05) is 24.2 Å². The Morgan fingerprint density at radius 2 is 2.17 bits per heavy atom. The highest BCUT2D eigenvalue weighted by molar-refractivity contribution is 6.31. The predicted octanol–water partition coefficient (Wildman–Crippen LogP) is 3.23. The fraction of sp³-hybridized carbons (Fsp3) is 0.267. The summed E-state index contributed by atoms with van der Waals surface area (Å²) in [4.78, 5) is 15.7. The highest BCUT2D eigenvalue weighted by atomic mass is 35.5. The molecule has 6 nitrogen and oxygen atoms in total. The van der Waals surface area contributed by atoms with Crippen LogP contribution in [0.25, 0.3) is 11.0 Å². The number of rotatable bonds is 6. The minimum absolute atomic E-state index is 0.177. The quantitative estimate of drug-likeness (QED) is 0.603. The third-order valence-corrected chi connectivity index (χ3v) is 3.58. The van der Waals surface area contributed by atoms with Gasteiger partial charge in [0.05, 0.1) is 17.2 Å². The average molecular weight is 335 g/mol. The van der Waals surface area contributed by atoms with Crippen LogP contribution in [0.3, 0.4) is 0 Å². The number of hydrogen-bond donors (Lipinski definition) is 3. The average Bonchev–Trinajstić information content (AvgIpc) is 2.94. The number of aromatic nitrogens is 4. The van der Waals surface area contributed by atoms with Gasteiger partial charge in [-0.3, -0.25) is 0 Å². The SMILES string of the molecule is CNc1nc(NCCCc2nc3ccc(Cl)cc3[nH]2)ncc1F. The van der Waals surface area contributed by atoms with Gasteiger partial charge in [0.1, 0.15) is 5.82 Å². The number of aromatic amines is 1. The zero-order chi connectivity index (χ0) is 16.2. The summed E-state index contributed by atoms with van der Waals surface area (Å²) in [5.74, 6) is 1.00. The Kier molecular flexibility index (Phi) is 4.57. The first kappa shape index (κ1) is 15.5. The Hall–Kier alpha value is -2.41. The molecule has 2 heterocycles. The van der Waals surface area contributed by atoms with Gasteiger partial charge in [-0.25, -0.2) is 14.4 Å². The van der Waals surface area contributed by atoms with Crippen LogP contribution in [-0.2, 0) is 6.42 Å². The van der Waals surface area contributed by atoms with Gasteiger partial charge in [0.2, 0.25) is 5.95 Å². The zero-order valence-electron chi connectivity index (χ0n) is 12.5. The fourth-order valence-electron chi connectivity index (χ4n) is 2.24. The van der Waals surface area contributed by atoms with E-state index in [-0.39, 0.29) is 5.82 Å². The Morgan fingerprint density at radius 3 is 3.00 bits per heavy atom. The molecule has 0 bridgehead atoms. The van der Waals surface area contributed by atoms with Gasteiger partial charge >= 0.3 is 0 Å². The Bertz CT molecular complexity index is 819. The Balaban J connectivity index is 1.54. The van der Waals surface area contributed by atoms with Crippen LogP contribution in [0.4, 0.5) is 16.2 Å². The second kappa shape index (κ2) is 6.78. The van der Waals surface area contributed by atoms with Crippen LogP contribution in [0.5, 0.6) is 0 Å². The maximum absolute atomic E-state index is 13.3. The molecule has 3 N–H and O–H groups in total. The summed E-state index contributed by atoms with van der Waals surface area (Å²) in [6.07, 6.45) is 2.76. The van der Waals surface area contributed by atoms with Crippen LogP contribution in [0.15, 0.2) is 24.4 Å². The van der Waals surface area contributed by atoms with Crippen molar-refractivity contribution in [3.63, 3.8) is 0 Å². The minimum atomic E-state index is -0.473. The number of nitrogens with one attached hydrogen (secondary N) is 3. The van der Waals surface area contributed by atoms with Crippen LogP contribution >= 0.6 is 11.6 Å². The Morgan fingerprint density at radius 1 is 1.30 bits per heavy atom. The normalized spacial score (nSPS) is 10.9. The van der Waals surface area contributed by atoms with Crippen molar-refractivity contribution in [2.45, 2.75) is 12.8 Å². The molecule has 0 radical (unpaired) electrons. The summed E-state index contributed by atoms with van der Waals surface area (Å²) in [7, 11) is 1.61. The lowest BCUT2D eigenvalue weighted by molar-refractivity contribution is 0.618. The largest absolute Gasteiger partial charge is 0.371 e. The van der Waals surface area contributed by atoms with E-state index in [1.807, 2.05) is 18.2 Å². The minimum Gasteiger partial charge on any atom is -0.371 e. The Labute approximate surface area is 137 Å². The molecule has 0 fully saturated rings. The molecule has 23 heavy (non-hydrogen) atoms. The summed E-state index contributed by atoms with van der Waals surface area (Å²) in [5.41, 5.74) is 1.83. The smallest absolute Gasteiger partial charge is 0.224 e. The molecule has 0 saturated carbocycles. The number of nitrogens with zero attached hydrogens (tertiary/aromatic N) is 3. The van der Waals surface area contributed by atoms with Crippen LogP contribution in [-0.4, -0.2) is 33.5 Å². The van der Waals surface area contributed by atoms with Crippen molar-refractivity contribution in [1.82, 2.24) is 19.9 Å². The standard InChI is InChI=1S/C15H16ClFN6/c1-18-14-10(17)8-20-15(23-14)19-6-2-3-13-21-11-5-4-9(16)7-12(11)22-13/h4-5,7-8H,2-3,6H2,1H3,(H,21,22)(H2,18,19,20,23). The molecule has 0 atom stereocenters. The van der Waals surface area contributed by atoms with Gasteiger partial charge < -0.3 is 15.6 Å². The van der Waals surface area contributed by atoms with Gasteiger partial charge in [-0.05, 0) is 24.6 Å².